The third kappa shape index (κ3) is 4.21. The molecule has 0 aromatic carbocycles. The molecule has 1 fully saturated rings. The molecule has 0 atom stereocenters. The summed E-state index contributed by atoms with van der Waals surface area (Å²) < 4.78 is 5.30. The highest BCUT2D eigenvalue weighted by atomic mass is 16.5. The number of ether oxygens (including phenoxy) is 1. The van der Waals surface area contributed by atoms with Gasteiger partial charge in [-0.2, -0.15) is 0 Å². The average molecular weight is 263 g/mol. The predicted molar refractivity (Wildman–Crippen MR) is 74.3 cm³/mol. The van der Waals surface area contributed by atoms with Crippen LogP contribution < -0.4 is 10.6 Å². The number of rotatable bonds is 5. The molecule has 19 heavy (non-hydrogen) atoms. The van der Waals surface area contributed by atoms with Crippen molar-refractivity contribution in [2.45, 2.75) is 19.8 Å². The Morgan fingerprint density at radius 2 is 2.21 bits per heavy atom. The second-order valence-electron chi connectivity index (χ2n) is 4.70. The van der Waals surface area contributed by atoms with Crippen molar-refractivity contribution in [2.24, 2.45) is 5.92 Å². The summed E-state index contributed by atoms with van der Waals surface area (Å²) in [5.41, 5.74) is 0.463. The first kappa shape index (κ1) is 13.8. The van der Waals surface area contributed by atoms with Crippen LogP contribution in [-0.2, 0) is 4.74 Å². The van der Waals surface area contributed by atoms with Crippen LogP contribution in [0.4, 0.5) is 5.82 Å². The van der Waals surface area contributed by atoms with Crippen molar-refractivity contribution in [3.05, 3.63) is 23.9 Å². The molecule has 0 aliphatic carbocycles. The third-order valence-corrected chi connectivity index (χ3v) is 3.23. The topological polar surface area (TPSA) is 63.2 Å². The number of anilines is 1. The summed E-state index contributed by atoms with van der Waals surface area (Å²) in [6.45, 7) is 5.10. The monoisotopic (exact) mass is 263 g/mol. The van der Waals surface area contributed by atoms with E-state index in [1.807, 2.05) is 19.1 Å². The van der Waals surface area contributed by atoms with E-state index in [0.717, 1.165) is 38.4 Å². The summed E-state index contributed by atoms with van der Waals surface area (Å²) in [6, 6.07) is 5.44. The van der Waals surface area contributed by atoms with E-state index in [0.29, 0.717) is 18.2 Å². The Labute approximate surface area is 113 Å². The number of carbonyl (C=O) groups is 1. The molecule has 0 spiro atoms. The molecule has 1 aliphatic rings. The predicted octanol–water partition coefficient (Wildman–Crippen LogP) is 1.67. The number of amides is 1. The van der Waals surface area contributed by atoms with Crippen LogP contribution in [0.2, 0.25) is 0 Å². The molecule has 1 amide bonds. The first-order chi connectivity index (χ1) is 9.29. The highest BCUT2D eigenvalue weighted by Crippen LogP contribution is 2.13. The van der Waals surface area contributed by atoms with Gasteiger partial charge in [0.05, 0.1) is 0 Å². The van der Waals surface area contributed by atoms with E-state index < -0.39 is 0 Å². The molecule has 1 aromatic heterocycles. The van der Waals surface area contributed by atoms with Gasteiger partial charge in [-0.25, -0.2) is 4.98 Å². The minimum absolute atomic E-state index is 0.105. The average Bonchev–Trinajstić information content (AvgIpc) is 2.46. The van der Waals surface area contributed by atoms with E-state index in [1.54, 1.807) is 6.07 Å². The number of pyridine rings is 1. The van der Waals surface area contributed by atoms with Crippen molar-refractivity contribution in [2.75, 3.05) is 31.6 Å². The number of carbonyl (C=O) groups excluding carboxylic acids is 1. The summed E-state index contributed by atoms with van der Waals surface area (Å²) in [5.74, 6) is 1.15. The molecule has 0 saturated carbocycles. The smallest absolute Gasteiger partial charge is 0.269 e. The molecule has 5 heteroatoms. The fourth-order valence-electron chi connectivity index (χ4n) is 2.12. The molecule has 1 saturated heterocycles. The summed E-state index contributed by atoms with van der Waals surface area (Å²) >= 11 is 0. The van der Waals surface area contributed by atoms with Gasteiger partial charge in [-0.05, 0) is 37.8 Å². The zero-order valence-electron chi connectivity index (χ0n) is 11.3. The Hall–Kier alpha value is -1.62. The van der Waals surface area contributed by atoms with E-state index >= 15 is 0 Å². The van der Waals surface area contributed by atoms with Crippen molar-refractivity contribution >= 4 is 11.7 Å². The highest BCUT2D eigenvalue weighted by Gasteiger charge is 2.15. The molecule has 2 heterocycles. The Balaban J connectivity index is 1.86. The van der Waals surface area contributed by atoms with Crippen molar-refractivity contribution in [1.29, 1.82) is 0 Å². The van der Waals surface area contributed by atoms with Gasteiger partial charge in [0.25, 0.3) is 5.91 Å². The fraction of sp³-hybridized carbons (Fsp3) is 0.571. The summed E-state index contributed by atoms with van der Waals surface area (Å²) in [7, 11) is 0. The first-order valence-electron chi connectivity index (χ1n) is 6.86. The first-order valence-corrected chi connectivity index (χ1v) is 6.86. The maximum atomic E-state index is 12.0. The summed E-state index contributed by atoms with van der Waals surface area (Å²) in [4.78, 5) is 16.3. The molecule has 104 valence electrons. The van der Waals surface area contributed by atoms with Crippen molar-refractivity contribution in [3.8, 4) is 0 Å². The van der Waals surface area contributed by atoms with Gasteiger partial charge in [0.2, 0.25) is 0 Å². The lowest BCUT2D eigenvalue weighted by Gasteiger charge is -2.22. The van der Waals surface area contributed by atoms with E-state index in [4.69, 9.17) is 4.74 Å². The number of hydrogen-bond donors (Lipinski definition) is 2. The van der Waals surface area contributed by atoms with Gasteiger partial charge in [0, 0.05) is 26.3 Å². The second-order valence-corrected chi connectivity index (χ2v) is 4.70. The molecular formula is C14H21N3O2. The molecule has 1 aliphatic heterocycles. The quantitative estimate of drug-likeness (QED) is 0.848. The highest BCUT2D eigenvalue weighted by molar-refractivity contribution is 5.92. The van der Waals surface area contributed by atoms with Gasteiger partial charge >= 0.3 is 0 Å². The summed E-state index contributed by atoms with van der Waals surface area (Å²) in [6.07, 6.45) is 2.04. The normalized spacial score (nSPS) is 16.1. The standard InChI is InChI=1S/C14H21N3O2/c1-2-15-13-5-3-4-12(17-13)14(18)16-10-11-6-8-19-9-7-11/h3-5,11H,2,6-10H2,1H3,(H,15,17)(H,16,18). The largest absolute Gasteiger partial charge is 0.381 e. The van der Waals surface area contributed by atoms with Crippen molar-refractivity contribution < 1.29 is 9.53 Å². The van der Waals surface area contributed by atoms with Crippen LogP contribution in [0.25, 0.3) is 0 Å². The Morgan fingerprint density at radius 3 is 2.95 bits per heavy atom. The third-order valence-electron chi connectivity index (χ3n) is 3.23. The Kier molecular flexibility index (Phi) is 5.15. The molecule has 0 bridgehead atoms. The van der Waals surface area contributed by atoms with Gasteiger partial charge in [0.15, 0.2) is 0 Å². The van der Waals surface area contributed by atoms with E-state index in [-0.39, 0.29) is 5.91 Å². The molecule has 1 aromatic rings. The number of nitrogens with one attached hydrogen (secondary N) is 2. The Bertz CT molecular complexity index is 417. The lowest BCUT2D eigenvalue weighted by molar-refractivity contribution is 0.0642. The van der Waals surface area contributed by atoms with E-state index in [1.165, 1.54) is 0 Å². The molecule has 0 unspecified atom stereocenters. The van der Waals surface area contributed by atoms with Gasteiger partial charge in [-0.3, -0.25) is 4.79 Å². The second kappa shape index (κ2) is 7.09. The van der Waals surface area contributed by atoms with Crippen LogP contribution in [0.1, 0.15) is 30.3 Å². The Morgan fingerprint density at radius 1 is 1.42 bits per heavy atom. The maximum absolute atomic E-state index is 12.0. The van der Waals surface area contributed by atoms with Crippen LogP contribution in [0.15, 0.2) is 18.2 Å². The van der Waals surface area contributed by atoms with Crippen LogP contribution >= 0.6 is 0 Å². The number of aromatic nitrogens is 1. The SMILES string of the molecule is CCNc1cccc(C(=O)NCC2CCOCC2)n1. The van der Waals surface area contributed by atoms with Crippen molar-refractivity contribution in [3.63, 3.8) is 0 Å². The zero-order chi connectivity index (χ0) is 13.5. The van der Waals surface area contributed by atoms with Gasteiger partial charge in [-0.15, -0.1) is 0 Å². The van der Waals surface area contributed by atoms with E-state index in [9.17, 15) is 4.79 Å². The maximum Gasteiger partial charge on any atom is 0.269 e. The minimum atomic E-state index is -0.105. The van der Waals surface area contributed by atoms with Gasteiger partial charge in [-0.1, -0.05) is 6.07 Å². The van der Waals surface area contributed by atoms with Crippen LogP contribution in [0, 0.1) is 5.92 Å². The van der Waals surface area contributed by atoms with Crippen LogP contribution in [0.3, 0.4) is 0 Å². The molecule has 0 radical (unpaired) electrons. The van der Waals surface area contributed by atoms with Crippen LogP contribution in [-0.4, -0.2) is 37.2 Å². The zero-order valence-corrected chi connectivity index (χ0v) is 11.3. The lowest BCUT2D eigenvalue weighted by Crippen LogP contribution is -2.32. The van der Waals surface area contributed by atoms with Crippen molar-refractivity contribution in [1.82, 2.24) is 10.3 Å². The lowest BCUT2D eigenvalue weighted by atomic mass is 10.0. The van der Waals surface area contributed by atoms with Gasteiger partial charge in [0.1, 0.15) is 11.5 Å². The number of nitrogens with zero attached hydrogens (tertiary/aromatic N) is 1. The van der Waals surface area contributed by atoms with Crippen LogP contribution in [0.5, 0.6) is 0 Å². The molecule has 2 rings (SSSR count). The number of hydrogen-bond acceptors (Lipinski definition) is 4. The summed E-state index contributed by atoms with van der Waals surface area (Å²) in [5, 5.41) is 6.05. The molecule has 5 nitrogen and oxygen atoms in total. The molecule has 2 N–H and O–H groups in total. The fourth-order valence-corrected chi connectivity index (χ4v) is 2.12. The van der Waals surface area contributed by atoms with E-state index in [2.05, 4.69) is 15.6 Å². The van der Waals surface area contributed by atoms with Gasteiger partial charge < -0.3 is 15.4 Å². The minimum Gasteiger partial charge on any atom is -0.381 e. The molecular weight excluding hydrogens is 242 g/mol.